The zero-order chi connectivity index (χ0) is 12.2. The maximum Gasteiger partial charge on any atom is 0.0757 e. The molecule has 1 fully saturated rings. The number of ether oxygens (including phenoxy) is 1. The summed E-state index contributed by atoms with van der Waals surface area (Å²) in [5.41, 5.74) is 0.00733. The smallest absolute Gasteiger partial charge is 0.0757 e. The summed E-state index contributed by atoms with van der Waals surface area (Å²) in [7, 11) is 0. The molecule has 1 aliphatic rings. The van der Waals surface area contributed by atoms with Crippen LogP contribution in [0, 0.1) is 5.92 Å². The molecular weight excluding hydrogens is 222 g/mol. The molecule has 1 aliphatic heterocycles. The van der Waals surface area contributed by atoms with Gasteiger partial charge in [0, 0.05) is 19.0 Å². The summed E-state index contributed by atoms with van der Waals surface area (Å²) in [6, 6.07) is 0. The first kappa shape index (κ1) is 14.3. The molecule has 2 atom stereocenters. The molecule has 0 bridgehead atoms. The fourth-order valence-corrected chi connectivity index (χ4v) is 2.86. The van der Waals surface area contributed by atoms with Crippen molar-refractivity contribution in [1.29, 1.82) is 0 Å². The Hall–Kier alpha value is 0.210. The average Bonchev–Trinajstić information content (AvgIpc) is 2.12. The lowest BCUT2D eigenvalue weighted by Crippen LogP contribution is -2.52. The molecule has 1 saturated heterocycles. The van der Waals surface area contributed by atoms with E-state index in [0.29, 0.717) is 6.10 Å². The van der Waals surface area contributed by atoms with Gasteiger partial charge >= 0.3 is 0 Å². The van der Waals surface area contributed by atoms with Crippen molar-refractivity contribution in [3.05, 3.63) is 0 Å². The zero-order valence-corrected chi connectivity index (χ0v) is 11.9. The number of morpholine rings is 1. The van der Waals surface area contributed by atoms with Crippen molar-refractivity contribution < 1.29 is 4.74 Å². The van der Waals surface area contributed by atoms with Gasteiger partial charge in [-0.25, -0.2) is 0 Å². The van der Waals surface area contributed by atoms with E-state index in [1.165, 1.54) is 13.0 Å². The van der Waals surface area contributed by atoms with Crippen LogP contribution in [0.5, 0.6) is 0 Å². The van der Waals surface area contributed by atoms with Crippen molar-refractivity contribution >= 4 is 11.6 Å². The number of nitrogens with zero attached hydrogens (tertiary/aromatic N) is 1. The molecule has 3 heteroatoms. The number of alkyl halides is 1. The fourth-order valence-electron chi connectivity index (χ4n) is 2.49. The number of halogens is 1. The third kappa shape index (κ3) is 5.03. The van der Waals surface area contributed by atoms with E-state index in [2.05, 4.69) is 32.6 Å². The summed E-state index contributed by atoms with van der Waals surface area (Å²) < 4.78 is 5.90. The van der Waals surface area contributed by atoms with Crippen LogP contribution in [0.15, 0.2) is 0 Å². The third-order valence-corrected chi connectivity index (χ3v) is 3.40. The molecule has 0 spiro atoms. The van der Waals surface area contributed by atoms with Crippen LogP contribution in [-0.2, 0) is 4.74 Å². The van der Waals surface area contributed by atoms with Gasteiger partial charge < -0.3 is 4.74 Å². The minimum absolute atomic E-state index is 0.00733. The van der Waals surface area contributed by atoms with Crippen molar-refractivity contribution in [3.63, 3.8) is 0 Å². The predicted octanol–water partition coefficient (Wildman–Crippen LogP) is 3.14. The molecule has 16 heavy (non-hydrogen) atoms. The highest BCUT2D eigenvalue weighted by Crippen LogP contribution is 2.21. The fraction of sp³-hybridized carbons (Fsp3) is 1.00. The molecule has 0 aromatic heterocycles. The van der Waals surface area contributed by atoms with Crippen LogP contribution in [0.1, 0.15) is 40.5 Å². The van der Waals surface area contributed by atoms with E-state index in [1.807, 2.05) is 0 Å². The standard InChI is InChI=1S/C13H26ClNO/c1-11(5-7-14)6-8-15-9-12(2)16-13(3,4)10-15/h11-12H,5-10H2,1-4H3. The van der Waals surface area contributed by atoms with E-state index in [4.69, 9.17) is 16.3 Å². The van der Waals surface area contributed by atoms with Crippen molar-refractivity contribution in [2.45, 2.75) is 52.2 Å². The van der Waals surface area contributed by atoms with E-state index in [1.54, 1.807) is 0 Å². The van der Waals surface area contributed by atoms with Crippen LogP contribution in [0.3, 0.4) is 0 Å². The Labute approximate surface area is 105 Å². The summed E-state index contributed by atoms with van der Waals surface area (Å²) in [6.07, 6.45) is 2.73. The van der Waals surface area contributed by atoms with Crippen LogP contribution in [-0.4, -0.2) is 42.1 Å². The molecule has 0 radical (unpaired) electrons. The second-order valence-corrected chi connectivity index (χ2v) is 6.17. The Morgan fingerprint density at radius 3 is 2.69 bits per heavy atom. The number of hydrogen-bond acceptors (Lipinski definition) is 2. The molecule has 0 aliphatic carbocycles. The van der Waals surface area contributed by atoms with Gasteiger partial charge in [0.25, 0.3) is 0 Å². The van der Waals surface area contributed by atoms with E-state index < -0.39 is 0 Å². The highest BCUT2D eigenvalue weighted by Gasteiger charge is 2.30. The highest BCUT2D eigenvalue weighted by atomic mass is 35.5. The summed E-state index contributed by atoms with van der Waals surface area (Å²) in [6.45, 7) is 12.1. The average molecular weight is 248 g/mol. The highest BCUT2D eigenvalue weighted by molar-refractivity contribution is 6.17. The van der Waals surface area contributed by atoms with Gasteiger partial charge in [0.15, 0.2) is 0 Å². The van der Waals surface area contributed by atoms with Crippen LogP contribution >= 0.6 is 11.6 Å². The van der Waals surface area contributed by atoms with Gasteiger partial charge in [0.1, 0.15) is 0 Å². The molecular formula is C13H26ClNO. The van der Waals surface area contributed by atoms with Crippen molar-refractivity contribution in [3.8, 4) is 0 Å². The molecule has 0 saturated carbocycles. The van der Waals surface area contributed by atoms with Crippen molar-refractivity contribution in [2.24, 2.45) is 5.92 Å². The minimum atomic E-state index is 0.00733. The maximum absolute atomic E-state index is 5.90. The largest absolute Gasteiger partial charge is 0.370 e. The number of rotatable bonds is 5. The lowest BCUT2D eigenvalue weighted by atomic mass is 10.0. The quantitative estimate of drug-likeness (QED) is 0.692. The molecule has 2 nitrogen and oxygen atoms in total. The Morgan fingerprint density at radius 2 is 2.12 bits per heavy atom. The van der Waals surface area contributed by atoms with Gasteiger partial charge in [-0.1, -0.05) is 6.92 Å². The minimum Gasteiger partial charge on any atom is -0.370 e. The Balaban J connectivity index is 2.31. The molecule has 96 valence electrons. The lowest BCUT2D eigenvalue weighted by Gasteiger charge is -2.42. The zero-order valence-electron chi connectivity index (χ0n) is 11.1. The van der Waals surface area contributed by atoms with Gasteiger partial charge in [0.05, 0.1) is 11.7 Å². The van der Waals surface area contributed by atoms with E-state index in [-0.39, 0.29) is 5.60 Å². The summed E-state index contributed by atoms with van der Waals surface area (Å²) >= 11 is 5.75. The Kier molecular flexibility index (Phi) is 5.55. The first-order valence-corrected chi connectivity index (χ1v) is 6.92. The van der Waals surface area contributed by atoms with Crippen LogP contribution < -0.4 is 0 Å². The SMILES string of the molecule is CC(CCCl)CCN1CC(C)OC(C)(C)C1. The molecule has 0 aromatic carbocycles. The summed E-state index contributed by atoms with van der Waals surface area (Å²) in [5, 5.41) is 0. The maximum atomic E-state index is 5.90. The van der Waals surface area contributed by atoms with Gasteiger partial charge in [-0.3, -0.25) is 4.90 Å². The van der Waals surface area contributed by atoms with Crippen LogP contribution in [0.4, 0.5) is 0 Å². The first-order chi connectivity index (χ1) is 7.43. The first-order valence-electron chi connectivity index (χ1n) is 6.39. The van der Waals surface area contributed by atoms with Crippen molar-refractivity contribution in [2.75, 3.05) is 25.5 Å². The summed E-state index contributed by atoms with van der Waals surface area (Å²) in [5.74, 6) is 1.52. The van der Waals surface area contributed by atoms with E-state index in [0.717, 1.165) is 31.3 Å². The molecule has 2 unspecified atom stereocenters. The molecule has 1 heterocycles. The van der Waals surface area contributed by atoms with Gasteiger partial charge in [-0.05, 0) is 46.1 Å². The lowest BCUT2D eigenvalue weighted by molar-refractivity contribution is -0.129. The normalized spacial score (nSPS) is 27.9. The molecule has 1 rings (SSSR count). The Morgan fingerprint density at radius 1 is 1.44 bits per heavy atom. The van der Waals surface area contributed by atoms with E-state index >= 15 is 0 Å². The Bertz CT molecular complexity index is 208. The molecule has 0 amide bonds. The second-order valence-electron chi connectivity index (χ2n) is 5.79. The van der Waals surface area contributed by atoms with Gasteiger partial charge in [0.2, 0.25) is 0 Å². The molecule has 0 N–H and O–H groups in total. The van der Waals surface area contributed by atoms with E-state index in [9.17, 15) is 0 Å². The topological polar surface area (TPSA) is 12.5 Å². The van der Waals surface area contributed by atoms with Gasteiger partial charge in [-0.2, -0.15) is 0 Å². The van der Waals surface area contributed by atoms with Crippen molar-refractivity contribution in [1.82, 2.24) is 4.90 Å². The van der Waals surface area contributed by atoms with Crippen LogP contribution in [0.2, 0.25) is 0 Å². The van der Waals surface area contributed by atoms with Gasteiger partial charge in [-0.15, -0.1) is 11.6 Å². The molecule has 0 aromatic rings. The monoisotopic (exact) mass is 247 g/mol. The van der Waals surface area contributed by atoms with Crippen LogP contribution in [0.25, 0.3) is 0 Å². The third-order valence-electron chi connectivity index (χ3n) is 3.18. The second kappa shape index (κ2) is 6.23. The summed E-state index contributed by atoms with van der Waals surface area (Å²) in [4.78, 5) is 2.53. The predicted molar refractivity (Wildman–Crippen MR) is 70.2 cm³/mol. The number of hydrogen-bond donors (Lipinski definition) is 0.